The lowest BCUT2D eigenvalue weighted by atomic mass is 10.1. The Bertz CT molecular complexity index is 2080. The van der Waals surface area contributed by atoms with E-state index in [0.29, 0.717) is 0 Å². The van der Waals surface area contributed by atoms with Crippen molar-refractivity contribution in [3.05, 3.63) is 196 Å². The molecular formula is C50H46N4. The Morgan fingerprint density at radius 1 is 0.333 bits per heavy atom. The van der Waals surface area contributed by atoms with E-state index in [1.165, 1.54) is 33.4 Å². The van der Waals surface area contributed by atoms with Crippen LogP contribution in [0.5, 0.6) is 0 Å². The second-order valence-electron chi connectivity index (χ2n) is 13.2. The van der Waals surface area contributed by atoms with Gasteiger partial charge in [-0.2, -0.15) is 0 Å². The molecule has 0 heterocycles. The van der Waals surface area contributed by atoms with Gasteiger partial charge in [0, 0.05) is 19.6 Å². The van der Waals surface area contributed by atoms with E-state index in [1.54, 1.807) is 0 Å². The van der Waals surface area contributed by atoms with E-state index in [4.69, 9.17) is 0 Å². The first-order chi connectivity index (χ1) is 26.5. The summed E-state index contributed by atoms with van der Waals surface area (Å²) in [6.07, 6.45) is 14.8. The maximum absolute atomic E-state index is 3.98. The summed E-state index contributed by atoms with van der Waals surface area (Å²) in [5, 5.41) is 0. The molecule has 0 fully saturated rings. The van der Waals surface area contributed by atoms with E-state index in [9.17, 15) is 0 Å². The number of hydrogen-bond donors (Lipinski definition) is 0. The van der Waals surface area contributed by atoms with Gasteiger partial charge in [-0.05, 0) is 119 Å². The number of nitrogens with zero attached hydrogens (tertiary/aromatic N) is 4. The van der Waals surface area contributed by atoms with Crippen LogP contribution in [0.2, 0.25) is 0 Å². The van der Waals surface area contributed by atoms with Gasteiger partial charge in [0.2, 0.25) is 0 Å². The molecule has 0 aliphatic heterocycles. The van der Waals surface area contributed by atoms with Crippen LogP contribution < -0.4 is 0 Å². The molecule has 0 saturated heterocycles. The van der Waals surface area contributed by atoms with Crippen LogP contribution in [0.3, 0.4) is 0 Å². The van der Waals surface area contributed by atoms with Gasteiger partial charge < -0.3 is 0 Å². The first-order valence-electron chi connectivity index (χ1n) is 18.3. The SMILES string of the molecule is C=Nc1ccc(C=Cc2ccc(CCN(CCc3ccc(C=Cc4ccc(N=C)cc4)cc3)Cc3ccc(C=Cc4ccc(N=C)cc4)cc3)cc2)cc1. The van der Waals surface area contributed by atoms with Gasteiger partial charge in [-0.25, -0.2) is 0 Å². The highest BCUT2D eigenvalue weighted by atomic mass is 15.1. The molecule has 0 radical (unpaired) electrons. The zero-order valence-corrected chi connectivity index (χ0v) is 30.8. The van der Waals surface area contributed by atoms with Crippen LogP contribution in [-0.2, 0) is 19.4 Å². The van der Waals surface area contributed by atoms with Gasteiger partial charge in [-0.15, -0.1) is 0 Å². The van der Waals surface area contributed by atoms with E-state index in [2.05, 4.69) is 186 Å². The fourth-order valence-corrected chi connectivity index (χ4v) is 6.08. The van der Waals surface area contributed by atoms with Crippen molar-refractivity contribution >= 4 is 73.7 Å². The Labute approximate surface area is 320 Å². The van der Waals surface area contributed by atoms with Crippen molar-refractivity contribution in [3.63, 3.8) is 0 Å². The summed E-state index contributed by atoms with van der Waals surface area (Å²) in [5.74, 6) is 0. The predicted octanol–water partition coefficient (Wildman–Crippen LogP) is 12.5. The van der Waals surface area contributed by atoms with Crippen molar-refractivity contribution in [2.45, 2.75) is 19.4 Å². The molecule has 6 rings (SSSR count). The maximum atomic E-state index is 3.98. The summed E-state index contributed by atoms with van der Waals surface area (Å²) < 4.78 is 0. The van der Waals surface area contributed by atoms with Crippen LogP contribution in [0, 0.1) is 0 Å². The fourth-order valence-electron chi connectivity index (χ4n) is 6.08. The first-order valence-corrected chi connectivity index (χ1v) is 18.3. The zero-order chi connectivity index (χ0) is 37.4. The second-order valence-corrected chi connectivity index (χ2v) is 13.2. The molecule has 0 spiro atoms. The molecule has 0 amide bonds. The molecule has 0 aliphatic carbocycles. The maximum Gasteiger partial charge on any atom is 0.0622 e. The smallest absolute Gasteiger partial charge is 0.0622 e. The van der Waals surface area contributed by atoms with Gasteiger partial charge in [0.05, 0.1) is 17.1 Å². The Hall–Kier alpha value is -6.49. The molecule has 6 aromatic rings. The lowest BCUT2D eigenvalue weighted by molar-refractivity contribution is 0.272. The van der Waals surface area contributed by atoms with Crippen molar-refractivity contribution in [1.82, 2.24) is 4.90 Å². The minimum absolute atomic E-state index is 0.879. The molecule has 266 valence electrons. The number of benzene rings is 6. The van der Waals surface area contributed by atoms with Crippen molar-refractivity contribution in [2.75, 3.05) is 13.1 Å². The van der Waals surface area contributed by atoms with Gasteiger partial charge in [-0.1, -0.05) is 146 Å². The largest absolute Gasteiger partial charge is 0.298 e. The highest BCUT2D eigenvalue weighted by Crippen LogP contribution is 2.19. The quantitative estimate of drug-likeness (QED) is 0.0689. The lowest BCUT2D eigenvalue weighted by Crippen LogP contribution is -2.28. The molecule has 0 N–H and O–H groups in total. The number of aliphatic imine (C=N–C) groups is 3. The summed E-state index contributed by atoms with van der Waals surface area (Å²) in [4.78, 5) is 14.5. The summed E-state index contributed by atoms with van der Waals surface area (Å²) >= 11 is 0. The van der Waals surface area contributed by atoms with E-state index >= 15 is 0 Å². The van der Waals surface area contributed by atoms with Crippen molar-refractivity contribution < 1.29 is 0 Å². The molecule has 0 atom stereocenters. The van der Waals surface area contributed by atoms with Crippen LogP contribution >= 0.6 is 0 Å². The van der Waals surface area contributed by atoms with E-state index in [1.807, 2.05) is 36.4 Å². The van der Waals surface area contributed by atoms with Gasteiger partial charge in [-0.3, -0.25) is 19.9 Å². The monoisotopic (exact) mass is 702 g/mol. The molecular weight excluding hydrogens is 657 g/mol. The third-order valence-electron chi connectivity index (χ3n) is 9.41. The average molecular weight is 703 g/mol. The normalized spacial score (nSPS) is 11.5. The van der Waals surface area contributed by atoms with Gasteiger partial charge >= 0.3 is 0 Å². The van der Waals surface area contributed by atoms with Crippen LogP contribution in [0.15, 0.2) is 161 Å². The number of rotatable bonds is 17. The van der Waals surface area contributed by atoms with Gasteiger partial charge in [0.1, 0.15) is 0 Å². The lowest BCUT2D eigenvalue weighted by Gasteiger charge is -2.23. The van der Waals surface area contributed by atoms with Crippen LogP contribution in [0.25, 0.3) is 36.5 Å². The molecule has 4 nitrogen and oxygen atoms in total. The summed E-state index contributed by atoms with van der Waals surface area (Å²) in [6.45, 7) is 13.6. The molecule has 0 unspecified atom stereocenters. The van der Waals surface area contributed by atoms with E-state index in [0.717, 1.165) is 66.2 Å². The Kier molecular flexibility index (Phi) is 13.4. The fraction of sp³-hybridized carbons (Fsp3) is 0.100. The second kappa shape index (κ2) is 19.4. The predicted molar refractivity (Wildman–Crippen MR) is 236 cm³/mol. The Morgan fingerprint density at radius 3 is 0.833 bits per heavy atom. The molecule has 0 aliphatic rings. The molecule has 6 aromatic carbocycles. The number of hydrogen-bond acceptors (Lipinski definition) is 4. The summed E-state index contributed by atoms with van der Waals surface area (Å²) in [5.41, 5.74) is 13.6. The van der Waals surface area contributed by atoms with Crippen LogP contribution in [0.1, 0.15) is 50.1 Å². The minimum atomic E-state index is 0.879. The van der Waals surface area contributed by atoms with Crippen LogP contribution in [-0.4, -0.2) is 38.1 Å². The summed E-state index contributed by atoms with van der Waals surface area (Å²) in [7, 11) is 0. The van der Waals surface area contributed by atoms with Crippen LogP contribution in [0.4, 0.5) is 17.1 Å². The third-order valence-corrected chi connectivity index (χ3v) is 9.41. The third kappa shape index (κ3) is 11.5. The highest BCUT2D eigenvalue weighted by Gasteiger charge is 2.08. The first kappa shape index (κ1) is 37.3. The Balaban J connectivity index is 1.09. The molecule has 0 saturated carbocycles. The molecule has 54 heavy (non-hydrogen) atoms. The van der Waals surface area contributed by atoms with Gasteiger partial charge in [0.15, 0.2) is 0 Å². The van der Waals surface area contributed by atoms with Crippen molar-refractivity contribution in [3.8, 4) is 0 Å². The molecule has 4 heteroatoms. The van der Waals surface area contributed by atoms with E-state index in [-0.39, 0.29) is 0 Å². The van der Waals surface area contributed by atoms with Crippen molar-refractivity contribution in [2.24, 2.45) is 15.0 Å². The van der Waals surface area contributed by atoms with Gasteiger partial charge in [0.25, 0.3) is 0 Å². The highest BCUT2D eigenvalue weighted by molar-refractivity contribution is 5.72. The average Bonchev–Trinajstić information content (AvgIpc) is 3.24. The van der Waals surface area contributed by atoms with Crippen molar-refractivity contribution in [1.29, 1.82) is 0 Å². The zero-order valence-electron chi connectivity index (χ0n) is 30.8. The minimum Gasteiger partial charge on any atom is -0.298 e. The topological polar surface area (TPSA) is 40.3 Å². The molecule has 0 bridgehead atoms. The standard InChI is InChI=1S/C50H46N4/c1-51-48-28-22-42(23-29-48)7-4-39-10-14-45(15-11-39)34-36-54(38-47-20-18-41(19-21-47)6-9-44-26-32-50(53-3)33-27-44)37-35-46-16-12-40(13-17-46)5-8-43-24-30-49(52-2)31-25-43/h4-33H,1-3,34-38H2. The molecule has 0 aromatic heterocycles. The summed E-state index contributed by atoms with van der Waals surface area (Å²) in [6, 6.07) is 51.0. The van der Waals surface area contributed by atoms with E-state index < -0.39 is 0 Å². The Morgan fingerprint density at radius 2 is 0.574 bits per heavy atom.